The molecule has 0 aliphatic carbocycles. The Kier molecular flexibility index (Phi) is 32.7. The number of aldehydes is 1. The summed E-state index contributed by atoms with van der Waals surface area (Å²) in [5.41, 5.74) is 4.80. The van der Waals surface area contributed by atoms with Crippen LogP contribution in [0.5, 0.6) is 0 Å². The molecular weight excluding hydrogens is 1260 g/mol. The Bertz CT molecular complexity index is 2950. The SMILES string of the molecule is C.C.C.C.CC(C)(C)S(=O)N=Cc1cccc(Cl)c1.Cc1sc(C2OCCO2)cc1Br.Cc1sc(C2OCCO2)cc1C(NS(=O)C(C)(C)C)c1cccc(Cl)c1.Cc1sc(C=O)cc1C(NS(=O)C(C)(C)C)c1cccc(Cl)c1. The van der Waals surface area contributed by atoms with Crippen molar-refractivity contribution in [3.63, 3.8) is 0 Å². The van der Waals surface area contributed by atoms with E-state index in [2.05, 4.69) is 55.8 Å². The Balaban J connectivity index is 0.000000545. The number of carbonyl (C=O) groups is 1. The van der Waals surface area contributed by atoms with Gasteiger partial charge in [-0.05, 0) is 181 Å². The molecule has 2 fully saturated rings. The number of benzene rings is 3. The summed E-state index contributed by atoms with van der Waals surface area (Å²) in [6.45, 7) is 26.0. The summed E-state index contributed by atoms with van der Waals surface area (Å²) in [6, 6.07) is 27.9. The molecule has 80 heavy (non-hydrogen) atoms. The van der Waals surface area contributed by atoms with Gasteiger partial charge in [0.1, 0.15) is 11.0 Å². The molecule has 0 spiro atoms. The zero-order valence-corrected chi connectivity index (χ0v) is 53.4. The Labute approximate surface area is 521 Å². The maximum Gasteiger partial charge on any atom is 0.193 e. The molecule has 5 heterocycles. The lowest BCUT2D eigenvalue weighted by molar-refractivity contribution is -0.0415. The summed E-state index contributed by atoms with van der Waals surface area (Å²) in [5, 5.41) is 1.94. The third-order valence-electron chi connectivity index (χ3n) is 10.9. The van der Waals surface area contributed by atoms with Gasteiger partial charge in [-0.15, -0.1) is 34.0 Å². The average Bonchev–Trinajstić information content (AvgIpc) is 4.22. The zero-order valence-electron chi connectivity index (χ0n) is 44.6. The third kappa shape index (κ3) is 23.3. The van der Waals surface area contributed by atoms with Crippen molar-refractivity contribution in [2.75, 3.05) is 26.4 Å². The van der Waals surface area contributed by atoms with Gasteiger partial charge in [0.05, 0.1) is 89.4 Å². The van der Waals surface area contributed by atoms with E-state index in [-0.39, 0.29) is 63.9 Å². The van der Waals surface area contributed by atoms with Gasteiger partial charge in [-0.1, -0.05) is 101 Å². The van der Waals surface area contributed by atoms with Crippen LogP contribution in [0.3, 0.4) is 0 Å². The van der Waals surface area contributed by atoms with Crippen LogP contribution in [-0.4, -0.2) is 65.8 Å². The summed E-state index contributed by atoms with van der Waals surface area (Å²) < 4.78 is 69.6. The smallest absolute Gasteiger partial charge is 0.193 e. The second kappa shape index (κ2) is 34.6. The van der Waals surface area contributed by atoms with Crippen molar-refractivity contribution in [3.8, 4) is 0 Å². The fourth-order valence-electron chi connectivity index (χ4n) is 6.85. The highest BCUT2D eigenvalue weighted by Crippen LogP contribution is 2.39. The number of carbonyl (C=O) groups excluding carboxylic acids is 1. The average molecular weight is 1340 g/mol. The maximum absolute atomic E-state index is 12.8. The van der Waals surface area contributed by atoms with Crippen LogP contribution in [0, 0.1) is 20.8 Å². The molecule has 21 heteroatoms. The van der Waals surface area contributed by atoms with E-state index < -0.39 is 37.7 Å². The molecule has 2 aliphatic heterocycles. The summed E-state index contributed by atoms with van der Waals surface area (Å²) in [6.07, 6.45) is 2.00. The first kappa shape index (κ1) is 75.7. The first-order valence-electron chi connectivity index (χ1n) is 24.1. The van der Waals surface area contributed by atoms with Crippen molar-refractivity contribution in [1.29, 1.82) is 0 Å². The Morgan fingerprint density at radius 1 is 0.575 bits per heavy atom. The number of rotatable bonds is 13. The molecule has 11 nitrogen and oxygen atoms in total. The number of nitrogens with zero attached hydrogens (tertiary/aromatic N) is 1. The number of aryl methyl sites for hydroxylation is 3. The lowest BCUT2D eigenvalue weighted by Crippen LogP contribution is -2.36. The van der Waals surface area contributed by atoms with Gasteiger partial charge in [-0.25, -0.2) is 22.1 Å². The minimum Gasteiger partial charge on any atom is -0.345 e. The molecule has 5 unspecified atom stereocenters. The van der Waals surface area contributed by atoms with E-state index in [4.69, 9.17) is 53.8 Å². The summed E-state index contributed by atoms with van der Waals surface area (Å²) in [4.78, 5) is 17.4. The highest BCUT2D eigenvalue weighted by molar-refractivity contribution is 9.10. The van der Waals surface area contributed by atoms with Crippen LogP contribution in [-0.2, 0) is 51.9 Å². The first-order chi connectivity index (χ1) is 35.6. The van der Waals surface area contributed by atoms with Crippen molar-refractivity contribution in [1.82, 2.24) is 9.44 Å². The Hall–Kier alpha value is -2.34. The van der Waals surface area contributed by atoms with E-state index in [1.165, 1.54) is 16.2 Å². The number of ether oxygens (including phenoxy) is 4. The minimum atomic E-state index is -1.25. The molecule has 5 atom stereocenters. The van der Waals surface area contributed by atoms with E-state index >= 15 is 0 Å². The second-order valence-corrected chi connectivity index (χ2v) is 32.2. The van der Waals surface area contributed by atoms with Crippen molar-refractivity contribution in [3.05, 3.63) is 168 Å². The van der Waals surface area contributed by atoms with Crippen LogP contribution in [0.2, 0.25) is 15.1 Å². The number of nitrogens with one attached hydrogen (secondary N) is 2. The van der Waals surface area contributed by atoms with Gasteiger partial charge in [0.2, 0.25) is 0 Å². The molecule has 2 aliphatic rings. The van der Waals surface area contributed by atoms with E-state index in [9.17, 15) is 17.4 Å². The number of thiophene rings is 3. The van der Waals surface area contributed by atoms with Crippen LogP contribution >= 0.6 is 84.7 Å². The first-order valence-corrected chi connectivity index (χ1v) is 31.9. The topological polar surface area (TPSA) is 142 Å². The molecule has 0 bridgehead atoms. The van der Waals surface area contributed by atoms with E-state index in [0.717, 1.165) is 58.1 Å². The highest BCUT2D eigenvalue weighted by Gasteiger charge is 2.30. The Morgan fingerprint density at radius 3 is 1.35 bits per heavy atom. The predicted octanol–water partition coefficient (Wildman–Crippen LogP) is 18.2. The predicted molar refractivity (Wildman–Crippen MR) is 352 cm³/mol. The van der Waals surface area contributed by atoms with Crippen LogP contribution < -0.4 is 9.44 Å². The van der Waals surface area contributed by atoms with Gasteiger partial charge in [-0.2, -0.15) is 4.40 Å². The molecule has 446 valence electrons. The summed E-state index contributed by atoms with van der Waals surface area (Å²) in [7, 11) is -3.70. The molecule has 8 rings (SSSR count). The molecule has 2 N–H and O–H groups in total. The maximum atomic E-state index is 12.8. The molecule has 6 aromatic rings. The van der Waals surface area contributed by atoms with Crippen LogP contribution in [0.15, 0.2) is 99.9 Å². The monoisotopic (exact) mass is 1340 g/mol. The lowest BCUT2D eigenvalue weighted by Gasteiger charge is -2.25. The van der Waals surface area contributed by atoms with Crippen molar-refractivity contribution < 1.29 is 36.4 Å². The molecular formula is C59H83BrCl3N3O8S6. The van der Waals surface area contributed by atoms with Gasteiger partial charge in [0.25, 0.3) is 0 Å². The second-order valence-electron chi connectivity index (χ2n) is 20.3. The van der Waals surface area contributed by atoms with E-state index in [1.807, 2.05) is 130 Å². The Morgan fingerprint density at radius 2 is 0.975 bits per heavy atom. The van der Waals surface area contributed by atoms with Crippen molar-refractivity contribution >= 4 is 130 Å². The van der Waals surface area contributed by atoms with Gasteiger partial charge in [0.15, 0.2) is 18.9 Å². The fourth-order valence-corrected chi connectivity index (χ4v) is 13.1. The molecule has 0 amide bonds. The van der Waals surface area contributed by atoms with E-state index in [0.29, 0.717) is 46.4 Å². The van der Waals surface area contributed by atoms with Gasteiger partial charge in [0, 0.05) is 40.4 Å². The molecule has 3 aromatic carbocycles. The minimum absolute atomic E-state index is 0. The zero-order chi connectivity index (χ0) is 56.1. The number of halogens is 4. The van der Waals surface area contributed by atoms with Crippen molar-refractivity contribution in [2.24, 2.45) is 4.40 Å². The highest BCUT2D eigenvalue weighted by atomic mass is 79.9. The normalized spacial score (nSPS) is 15.6. The molecule has 2 saturated heterocycles. The third-order valence-corrected chi connectivity index (χ3v) is 20.3. The molecule has 0 radical (unpaired) electrons. The number of hydrogen-bond acceptors (Lipinski definition) is 11. The standard InChI is InChI=1S/C19H24ClNO3S2.C17H20ClNO2S2.C11H14ClNOS.C8H9BrO2S.4CH4/c1-12-15(11-16(25-12)18-23-8-9-24-18)17(21-26(22)19(2,3)4)13-6-5-7-14(20)10-13;1-11-15(9-14(10-20)22-11)16(19-23(21)17(2,3)4)12-6-5-7-13(18)8-12;1-11(2,3)15(14)13-8-9-5-4-6-10(12)7-9;1-5-6(9)4-7(12-5)8-10-2-3-11-8;;;;/h5-7,10-11,17-18,21H,8-9H2,1-4H3;5-10,16,19H,1-4H3;4-8H,1-3H3;4,8H,2-3H2,1H3;4*1H4. The molecule has 3 aromatic heterocycles. The summed E-state index contributed by atoms with van der Waals surface area (Å²) in [5.74, 6) is 0. The quantitative estimate of drug-likeness (QED) is 0.0860. The van der Waals surface area contributed by atoms with Crippen LogP contribution in [0.4, 0.5) is 0 Å². The molecule has 0 saturated carbocycles. The van der Waals surface area contributed by atoms with Crippen molar-refractivity contribution in [2.45, 2.75) is 152 Å². The van der Waals surface area contributed by atoms with Gasteiger partial charge < -0.3 is 18.9 Å². The number of hydrogen-bond donors (Lipinski definition) is 2. The van der Waals surface area contributed by atoms with E-state index in [1.54, 1.807) is 47.1 Å². The largest absolute Gasteiger partial charge is 0.345 e. The summed E-state index contributed by atoms with van der Waals surface area (Å²) >= 11 is 26.4. The van der Waals surface area contributed by atoms with Gasteiger partial charge >= 0.3 is 0 Å². The van der Waals surface area contributed by atoms with Gasteiger partial charge in [-0.3, -0.25) is 4.79 Å². The van der Waals surface area contributed by atoms with Crippen LogP contribution in [0.25, 0.3) is 0 Å². The van der Waals surface area contributed by atoms with Crippen LogP contribution in [0.1, 0.15) is 179 Å². The fraction of sp³-hybridized carbons (Fsp3) is 0.458. The lowest BCUT2D eigenvalue weighted by atomic mass is 10.00.